The molecule has 0 heterocycles. The van der Waals surface area contributed by atoms with E-state index in [2.05, 4.69) is 5.32 Å². The highest BCUT2D eigenvalue weighted by Gasteiger charge is 2.52. The summed E-state index contributed by atoms with van der Waals surface area (Å²) in [6.45, 7) is 0. The molecular formula is C27H20Cl4NO5P. The van der Waals surface area contributed by atoms with Gasteiger partial charge in [-0.05, 0) is 48.5 Å². The van der Waals surface area contributed by atoms with Gasteiger partial charge in [-0.15, -0.1) is 10.2 Å². The summed E-state index contributed by atoms with van der Waals surface area (Å²) >= 11 is 19.5. The lowest BCUT2D eigenvalue weighted by atomic mass is 10.2. The lowest BCUT2D eigenvalue weighted by Gasteiger charge is -2.29. The Morgan fingerprint density at radius 1 is 0.632 bits per heavy atom. The van der Waals surface area contributed by atoms with Crippen LogP contribution < -0.4 is 39.9 Å². The molecule has 1 N–H and O–H groups in total. The Morgan fingerprint density at radius 2 is 0.974 bits per heavy atom. The molecule has 0 spiro atoms. The number of hydrogen-bond donors (Lipinski definition) is 1. The summed E-state index contributed by atoms with van der Waals surface area (Å²) in [5.74, 6) is -0.374. The molecule has 1 amide bonds. The largest absolute Gasteiger partial charge is 0.290 e. The molecule has 0 aliphatic rings. The second-order valence-corrected chi connectivity index (χ2v) is 13.0. The van der Waals surface area contributed by atoms with Crippen LogP contribution >= 0.6 is 42.1 Å². The number of nitrogens with one attached hydrogen (secondary N) is 1. The van der Waals surface area contributed by atoms with Gasteiger partial charge in [0.25, 0.3) is 5.91 Å². The first kappa shape index (κ1) is 30.1. The number of rotatable bonds is 6. The van der Waals surface area contributed by atoms with Gasteiger partial charge < -0.3 is 0 Å². The maximum absolute atomic E-state index is 13.4. The van der Waals surface area contributed by atoms with Crippen molar-refractivity contribution in [3.05, 3.63) is 136 Å². The SMILES string of the molecule is O=C(NC(=C(Cl)Cl)[P+](c1ccccc1)(c1ccccc1)c1ccccc1)c1ccccc1Cl.[O-][Cl+3]([O-])([O-])[O-]. The molecule has 0 unspecified atom stereocenters. The van der Waals surface area contributed by atoms with Crippen LogP contribution in [0.2, 0.25) is 5.02 Å². The number of carbonyl (C=O) groups excluding carboxylic acids is 1. The van der Waals surface area contributed by atoms with Crippen LogP contribution in [0.5, 0.6) is 0 Å². The van der Waals surface area contributed by atoms with Crippen LogP contribution in [0.15, 0.2) is 125 Å². The van der Waals surface area contributed by atoms with E-state index in [4.69, 9.17) is 53.4 Å². The van der Waals surface area contributed by atoms with Crippen molar-refractivity contribution in [2.24, 2.45) is 0 Å². The van der Waals surface area contributed by atoms with Crippen LogP contribution in [0.3, 0.4) is 0 Å². The molecule has 4 aromatic rings. The number of carbonyl (C=O) groups is 1. The molecule has 0 aromatic heterocycles. The van der Waals surface area contributed by atoms with Gasteiger partial charge in [-0.1, -0.05) is 102 Å². The third-order valence-corrected chi connectivity index (χ3v) is 10.5. The number of halogens is 4. The van der Waals surface area contributed by atoms with Crippen molar-refractivity contribution in [3.8, 4) is 0 Å². The third-order valence-electron chi connectivity index (χ3n) is 5.30. The van der Waals surface area contributed by atoms with Crippen LogP contribution in [-0.4, -0.2) is 5.91 Å². The lowest BCUT2D eigenvalue weighted by Crippen LogP contribution is -2.68. The topological polar surface area (TPSA) is 121 Å². The zero-order valence-corrected chi connectivity index (χ0v) is 23.4. The van der Waals surface area contributed by atoms with Gasteiger partial charge in [0.15, 0.2) is 11.8 Å². The molecule has 4 aromatic carbocycles. The molecule has 4 rings (SSSR count). The van der Waals surface area contributed by atoms with Crippen molar-refractivity contribution in [1.29, 1.82) is 0 Å². The number of hydrogen-bond acceptors (Lipinski definition) is 5. The molecule has 0 saturated carbocycles. The Bertz CT molecular complexity index is 1280. The first-order valence-electron chi connectivity index (χ1n) is 10.8. The third kappa shape index (κ3) is 7.55. The molecule has 0 atom stereocenters. The second-order valence-electron chi connectivity index (χ2n) is 7.60. The first-order valence-corrected chi connectivity index (χ1v) is 15.0. The van der Waals surface area contributed by atoms with Gasteiger partial charge in [-0.3, -0.25) is 10.1 Å². The van der Waals surface area contributed by atoms with E-state index in [-0.39, 0.29) is 10.4 Å². The lowest BCUT2D eigenvalue weighted by molar-refractivity contribution is -2.00. The van der Waals surface area contributed by atoms with Gasteiger partial charge in [-0.2, -0.15) is 0 Å². The van der Waals surface area contributed by atoms with E-state index < -0.39 is 17.5 Å². The van der Waals surface area contributed by atoms with E-state index in [9.17, 15) is 4.79 Å². The van der Waals surface area contributed by atoms with Crippen molar-refractivity contribution < 1.29 is 33.7 Å². The van der Waals surface area contributed by atoms with E-state index >= 15 is 0 Å². The fraction of sp³-hybridized carbons (Fsp3) is 0. The summed E-state index contributed by atoms with van der Waals surface area (Å²) in [5, 5.41) is 6.43. The molecule has 0 aliphatic heterocycles. The molecule has 196 valence electrons. The van der Waals surface area contributed by atoms with Crippen molar-refractivity contribution in [2.45, 2.75) is 0 Å². The van der Waals surface area contributed by atoms with Crippen LogP contribution in [0.25, 0.3) is 0 Å². The highest BCUT2D eigenvalue weighted by Crippen LogP contribution is 2.63. The Kier molecular flexibility index (Phi) is 10.7. The maximum atomic E-state index is 13.4. The average molecular weight is 611 g/mol. The van der Waals surface area contributed by atoms with E-state index in [1.165, 1.54) is 0 Å². The Hall–Kier alpha value is -2.48. The van der Waals surface area contributed by atoms with Crippen molar-refractivity contribution in [2.75, 3.05) is 0 Å². The predicted molar refractivity (Wildman–Crippen MR) is 143 cm³/mol. The van der Waals surface area contributed by atoms with Gasteiger partial charge in [0.2, 0.25) is 5.44 Å². The molecule has 38 heavy (non-hydrogen) atoms. The van der Waals surface area contributed by atoms with Crippen LogP contribution in [0.4, 0.5) is 0 Å². The summed E-state index contributed by atoms with van der Waals surface area (Å²) in [5.41, 5.74) is 0.804. The van der Waals surface area contributed by atoms with E-state index in [1.807, 2.05) is 91.0 Å². The second kappa shape index (κ2) is 13.5. The quantitative estimate of drug-likeness (QED) is 0.334. The van der Waals surface area contributed by atoms with Crippen molar-refractivity contribution in [1.82, 2.24) is 5.32 Å². The van der Waals surface area contributed by atoms with Gasteiger partial charge in [0.1, 0.15) is 15.9 Å². The smallest absolute Gasteiger partial charge is 0.259 e. The normalized spacial score (nSPS) is 11.1. The van der Waals surface area contributed by atoms with E-state index in [0.717, 1.165) is 15.9 Å². The first-order chi connectivity index (χ1) is 18.0. The summed E-state index contributed by atoms with van der Waals surface area (Å²) in [6.07, 6.45) is 0. The summed E-state index contributed by atoms with van der Waals surface area (Å²) in [4.78, 5) is 13.4. The van der Waals surface area contributed by atoms with Gasteiger partial charge >= 0.3 is 0 Å². The molecule has 0 fully saturated rings. The minimum Gasteiger partial charge on any atom is -0.290 e. The molecule has 0 saturated heterocycles. The molecule has 0 aliphatic carbocycles. The van der Waals surface area contributed by atoms with E-state index in [0.29, 0.717) is 16.0 Å². The number of amides is 1. The van der Waals surface area contributed by atoms with Gasteiger partial charge in [0, 0.05) is 0 Å². The van der Waals surface area contributed by atoms with Crippen LogP contribution in [0, 0.1) is 10.2 Å². The Labute approximate surface area is 237 Å². The minimum atomic E-state index is -4.94. The highest BCUT2D eigenvalue weighted by atomic mass is 35.7. The summed E-state index contributed by atoms with van der Waals surface area (Å²) in [7, 11) is -7.61. The molecule has 0 bridgehead atoms. The molecule has 6 nitrogen and oxygen atoms in total. The highest BCUT2D eigenvalue weighted by molar-refractivity contribution is 7.99. The molecular weight excluding hydrogens is 591 g/mol. The standard InChI is InChI=1S/C27H19Cl3NOP.ClHO4/c28-24-19-11-10-18-23(24)26(32)31-27(25(29)30)33(20-12-4-1-5-13-20,21-14-6-2-7-15-21)22-16-8-3-9-17-22;2-1(3,4)5/h1-19H;(H,2,3,4,5). The van der Waals surface area contributed by atoms with E-state index in [1.54, 1.807) is 24.3 Å². The molecule has 0 radical (unpaired) electrons. The summed E-state index contributed by atoms with van der Waals surface area (Å²) < 4.78 is 34.0. The fourth-order valence-corrected chi connectivity index (χ4v) is 8.99. The zero-order chi connectivity index (χ0) is 27.8. The Balaban J connectivity index is 0.000000732. The average Bonchev–Trinajstić information content (AvgIpc) is 2.89. The van der Waals surface area contributed by atoms with Gasteiger partial charge in [-0.25, -0.2) is 18.6 Å². The molecule has 11 heteroatoms. The van der Waals surface area contributed by atoms with Crippen LogP contribution in [0.1, 0.15) is 10.4 Å². The van der Waals surface area contributed by atoms with Crippen molar-refractivity contribution in [3.63, 3.8) is 0 Å². The Morgan fingerprint density at radius 3 is 1.32 bits per heavy atom. The predicted octanol–water partition coefficient (Wildman–Crippen LogP) is 1.91. The minimum absolute atomic E-state index is 0.000274. The fourth-order valence-electron chi connectivity index (χ4n) is 3.87. The van der Waals surface area contributed by atoms with Gasteiger partial charge in [0.05, 0.1) is 10.6 Å². The maximum Gasteiger partial charge on any atom is 0.259 e. The van der Waals surface area contributed by atoms with Crippen molar-refractivity contribution >= 4 is 63.9 Å². The summed E-state index contributed by atoms with van der Waals surface area (Å²) in [6, 6.07) is 36.9. The zero-order valence-electron chi connectivity index (χ0n) is 19.5. The van der Waals surface area contributed by atoms with Crippen LogP contribution in [-0.2, 0) is 0 Å². The monoisotopic (exact) mass is 609 g/mol. The number of benzene rings is 4.